The van der Waals surface area contributed by atoms with E-state index >= 15 is 0 Å². The molecule has 1 amide bonds. The molecule has 1 N–H and O–H groups in total. The Bertz CT molecular complexity index is 1170. The van der Waals surface area contributed by atoms with Crippen molar-refractivity contribution in [3.63, 3.8) is 0 Å². The van der Waals surface area contributed by atoms with Crippen LogP contribution in [0.1, 0.15) is 52.3 Å². The summed E-state index contributed by atoms with van der Waals surface area (Å²) in [7, 11) is 0. The van der Waals surface area contributed by atoms with Crippen molar-refractivity contribution in [2.75, 3.05) is 6.54 Å². The zero-order valence-electron chi connectivity index (χ0n) is 19.9. The van der Waals surface area contributed by atoms with Gasteiger partial charge >= 0.3 is 12.1 Å². The van der Waals surface area contributed by atoms with Gasteiger partial charge in [-0.05, 0) is 56.7 Å². The highest BCUT2D eigenvalue weighted by atomic mass is 16.6. The van der Waals surface area contributed by atoms with E-state index in [-0.39, 0.29) is 25.6 Å². The number of likely N-dealkylation sites (tertiary alicyclic amines) is 1. The van der Waals surface area contributed by atoms with Gasteiger partial charge in [0.05, 0.1) is 18.4 Å². The van der Waals surface area contributed by atoms with Gasteiger partial charge in [-0.2, -0.15) is 19.7 Å². The number of aliphatic carboxylic acids is 1. The highest BCUT2D eigenvalue weighted by molar-refractivity contribution is 5.84. The van der Waals surface area contributed by atoms with Gasteiger partial charge < -0.3 is 14.6 Å². The number of ether oxygens (including phenoxy) is 2. The minimum atomic E-state index is -1.46. The van der Waals surface area contributed by atoms with E-state index in [4.69, 9.17) is 9.47 Å². The Morgan fingerprint density at radius 2 is 2.06 bits per heavy atom. The number of nitrogens with zero attached hydrogens (tertiary/aromatic N) is 9. The van der Waals surface area contributed by atoms with Crippen LogP contribution in [-0.4, -0.2) is 79.9 Å². The summed E-state index contributed by atoms with van der Waals surface area (Å²) in [5.74, 6) is -0.0330. The van der Waals surface area contributed by atoms with Crippen molar-refractivity contribution in [3.05, 3.63) is 36.5 Å². The topological polar surface area (TPSA) is 163 Å². The van der Waals surface area contributed by atoms with Gasteiger partial charge in [-0.3, -0.25) is 4.90 Å². The lowest BCUT2D eigenvalue weighted by atomic mass is 9.86. The predicted octanol–water partition coefficient (Wildman–Crippen LogP) is 1.64. The minimum absolute atomic E-state index is 0.138. The maximum absolute atomic E-state index is 12.7. The molecule has 3 aromatic rings. The number of carbonyl (C=O) groups excluding carboxylic acids is 1. The molecule has 1 fully saturated rings. The molecule has 0 unspecified atom stereocenters. The van der Waals surface area contributed by atoms with Crippen molar-refractivity contribution in [2.24, 2.45) is 0 Å². The average molecular weight is 486 g/mol. The van der Waals surface area contributed by atoms with E-state index in [1.807, 2.05) is 0 Å². The monoisotopic (exact) mass is 485 g/mol. The fraction of sp³-hybridized carbons (Fsp3) is 0.524. The summed E-state index contributed by atoms with van der Waals surface area (Å²) in [6.45, 7) is 7.10. The predicted molar refractivity (Wildman–Crippen MR) is 119 cm³/mol. The van der Waals surface area contributed by atoms with Crippen LogP contribution < -0.4 is 4.74 Å². The second-order valence-electron chi connectivity index (χ2n) is 9.41. The Hall–Kier alpha value is -4.10. The highest BCUT2D eigenvalue weighted by Gasteiger charge is 2.49. The lowest BCUT2D eigenvalue weighted by Gasteiger charge is -2.44. The van der Waals surface area contributed by atoms with Crippen LogP contribution in [0.4, 0.5) is 4.79 Å². The van der Waals surface area contributed by atoms with E-state index in [2.05, 4.69) is 30.7 Å². The number of hydrogen-bond acceptors (Lipinski definition) is 10. The fourth-order valence-corrected chi connectivity index (χ4v) is 3.77. The number of carbonyl (C=O) groups is 2. The number of piperidine rings is 1. The van der Waals surface area contributed by atoms with Crippen molar-refractivity contribution < 1.29 is 24.2 Å². The Kier molecular flexibility index (Phi) is 6.37. The Morgan fingerprint density at radius 3 is 2.69 bits per heavy atom. The number of aromatic nitrogens is 8. The van der Waals surface area contributed by atoms with Crippen LogP contribution in [0.2, 0.25) is 0 Å². The molecular weight excluding hydrogens is 458 g/mol. The normalized spacial score (nSPS) is 20.5. The van der Waals surface area contributed by atoms with Crippen LogP contribution in [0, 0.1) is 0 Å². The summed E-state index contributed by atoms with van der Waals surface area (Å²) >= 11 is 0. The molecule has 1 saturated heterocycles. The second-order valence-corrected chi connectivity index (χ2v) is 9.41. The first-order valence-corrected chi connectivity index (χ1v) is 11.0. The fourth-order valence-electron chi connectivity index (χ4n) is 3.77. The van der Waals surface area contributed by atoms with Gasteiger partial charge in [0.2, 0.25) is 0 Å². The van der Waals surface area contributed by atoms with Crippen LogP contribution in [-0.2, 0) is 16.1 Å². The SMILES string of the molecule is CC(C)(C)OC(=O)N1CC[C@H](n2ncc(COc3ccc(-n4cnnn4)nc3)n2)C[C@@]1(C)C(=O)O. The summed E-state index contributed by atoms with van der Waals surface area (Å²) < 4.78 is 12.6. The summed E-state index contributed by atoms with van der Waals surface area (Å²) in [5, 5.41) is 29.6. The van der Waals surface area contributed by atoms with Crippen LogP contribution >= 0.6 is 0 Å². The molecule has 0 aromatic carbocycles. The van der Waals surface area contributed by atoms with Crippen LogP contribution in [0.25, 0.3) is 5.82 Å². The zero-order valence-corrected chi connectivity index (χ0v) is 19.9. The van der Waals surface area contributed by atoms with Gasteiger partial charge in [-0.15, -0.1) is 5.10 Å². The van der Waals surface area contributed by atoms with Gasteiger partial charge in [0.1, 0.15) is 35.5 Å². The third-order valence-corrected chi connectivity index (χ3v) is 5.56. The molecule has 0 saturated carbocycles. The molecule has 4 heterocycles. The van der Waals surface area contributed by atoms with Crippen LogP contribution in [0.5, 0.6) is 5.75 Å². The van der Waals surface area contributed by atoms with Crippen molar-refractivity contribution in [1.29, 1.82) is 0 Å². The molecule has 14 nitrogen and oxygen atoms in total. The Morgan fingerprint density at radius 1 is 1.26 bits per heavy atom. The number of pyridine rings is 1. The molecule has 1 aliphatic heterocycles. The molecule has 0 bridgehead atoms. The smallest absolute Gasteiger partial charge is 0.411 e. The Labute approximate surface area is 200 Å². The molecule has 186 valence electrons. The van der Waals surface area contributed by atoms with E-state index in [1.54, 1.807) is 45.3 Å². The maximum atomic E-state index is 12.7. The third kappa shape index (κ3) is 5.36. The molecular formula is C21H27N9O5. The number of rotatable bonds is 6. The first-order valence-electron chi connectivity index (χ1n) is 11.0. The molecule has 4 rings (SSSR count). The van der Waals surface area contributed by atoms with Gasteiger partial charge in [-0.25, -0.2) is 14.6 Å². The van der Waals surface area contributed by atoms with E-state index in [0.717, 1.165) is 0 Å². The van der Waals surface area contributed by atoms with E-state index < -0.39 is 23.2 Å². The lowest BCUT2D eigenvalue weighted by Crippen LogP contribution is -2.60. The number of carboxylic acids is 1. The maximum Gasteiger partial charge on any atom is 0.411 e. The van der Waals surface area contributed by atoms with Crippen molar-refractivity contribution >= 4 is 12.1 Å². The zero-order chi connectivity index (χ0) is 25.2. The number of tetrazole rings is 1. The average Bonchev–Trinajstić information content (AvgIpc) is 3.49. The van der Waals surface area contributed by atoms with Gasteiger partial charge in [0.25, 0.3) is 0 Å². The summed E-state index contributed by atoms with van der Waals surface area (Å²) in [5.41, 5.74) is -1.61. The second kappa shape index (κ2) is 9.27. The molecule has 0 aliphatic carbocycles. The number of hydrogen-bond donors (Lipinski definition) is 1. The molecule has 2 atom stereocenters. The van der Waals surface area contributed by atoms with Gasteiger partial charge in [-0.1, -0.05) is 0 Å². The first kappa shape index (κ1) is 24.0. The largest absolute Gasteiger partial charge is 0.486 e. The summed E-state index contributed by atoms with van der Waals surface area (Å²) in [6.07, 6.45) is 4.53. The van der Waals surface area contributed by atoms with Crippen molar-refractivity contribution in [2.45, 2.75) is 64.3 Å². The summed E-state index contributed by atoms with van der Waals surface area (Å²) in [6, 6.07) is 3.15. The molecule has 14 heteroatoms. The molecule has 35 heavy (non-hydrogen) atoms. The van der Waals surface area contributed by atoms with Crippen LogP contribution in [0.3, 0.4) is 0 Å². The van der Waals surface area contributed by atoms with Crippen molar-refractivity contribution in [1.82, 2.24) is 45.1 Å². The van der Waals surface area contributed by atoms with E-state index in [0.29, 0.717) is 23.7 Å². The minimum Gasteiger partial charge on any atom is -0.486 e. The summed E-state index contributed by atoms with van der Waals surface area (Å²) in [4.78, 5) is 31.8. The lowest BCUT2D eigenvalue weighted by molar-refractivity contribution is -0.153. The molecule has 1 aliphatic rings. The molecule has 3 aromatic heterocycles. The molecule has 0 spiro atoms. The van der Waals surface area contributed by atoms with Crippen LogP contribution in [0.15, 0.2) is 30.9 Å². The number of amides is 1. The quantitative estimate of drug-likeness (QED) is 0.540. The van der Waals surface area contributed by atoms with Gasteiger partial charge in [0.15, 0.2) is 5.82 Å². The van der Waals surface area contributed by atoms with E-state index in [1.165, 1.54) is 27.6 Å². The first-order chi connectivity index (χ1) is 16.5. The highest BCUT2D eigenvalue weighted by Crippen LogP contribution is 2.35. The van der Waals surface area contributed by atoms with E-state index in [9.17, 15) is 14.7 Å². The van der Waals surface area contributed by atoms with Crippen molar-refractivity contribution in [3.8, 4) is 11.6 Å². The number of carboxylic acid groups (broad SMARTS) is 1. The Balaban J connectivity index is 1.39. The standard InChI is InChI=1S/C21H27N9O5/c1-20(2,3)35-19(33)28-8-7-15(9-21(28,4)18(31)32)30-24-10-14(25-30)12-34-16-5-6-17(22-11-16)29-13-23-26-27-29/h5-6,10-11,13,15H,7-9,12H2,1-4H3,(H,31,32)/t15-,21-/m0/s1. The molecule has 0 radical (unpaired) electrons. The third-order valence-electron chi connectivity index (χ3n) is 5.56. The van der Waals surface area contributed by atoms with Gasteiger partial charge in [0, 0.05) is 13.0 Å².